The molecule has 0 spiro atoms. The molecule has 2 atom stereocenters. The molecule has 2 unspecified atom stereocenters. The molecule has 1 amide bonds. The van der Waals surface area contributed by atoms with Gasteiger partial charge >= 0.3 is 0 Å². The molecule has 0 aromatic heterocycles. The van der Waals surface area contributed by atoms with Crippen molar-refractivity contribution >= 4 is 5.91 Å². The second-order valence-electron chi connectivity index (χ2n) is 3.46. The molecule has 1 aliphatic rings. The van der Waals surface area contributed by atoms with E-state index in [1.165, 1.54) is 24.3 Å². The maximum Gasteiger partial charge on any atom is 0.240 e. The number of ether oxygens (including phenoxy) is 1. The Balaban J connectivity index is 1.90. The molecular weight excluding hydrogens is 199 g/mol. The normalized spacial score (nSPS) is 23.3. The lowest BCUT2D eigenvalue weighted by molar-refractivity contribution is -0.122. The van der Waals surface area contributed by atoms with Crippen molar-refractivity contribution in [2.45, 2.75) is 12.5 Å². The predicted octanol–water partition coefficient (Wildman–Crippen LogP) is 0.583. The van der Waals surface area contributed by atoms with E-state index in [0.717, 1.165) is 0 Å². The largest absolute Gasteiger partial charge is 0.490 e. The number of hydrazine groups is 1. The van der Waals surface area contributed by atoms with Crippen LogP contribution in [0.15, 0.2) is 24.3 Å². The van der Waals surface area contributed by atoms with Crippen molar-refractivity contribution in [1.29, 1.82) is 0 Å². The maximum absolute atomic E-state index is 12.6. The highest BCUT2D eigenvalue weighted by atomic mass is 19.1. The van der Waals surface area contributed by atoms with Gasteiger partial charge in [-0.25, -0.2) is 10.2 Å². The van der Waals surface area contributed by atoms with Gasteiger partial charge in [-0.2, -0.15) is 0 Å². The van der Waals surface area contributed by atoms with Gasteiger partial charge in [-0.05, 0) is 24.3 Å². The SMILES string of the molecule is NNC(=O)C1CC1Oc1ccc(F)cc1. The molecular formula is C10H11FN2O2. The van der Waals surface area contributed by atoms with Crippen LogP contribution in [0.4, 0.5) is 4.39 Å². The van der Waals surface area contributed by atoms with E-state index < -0.39 is 0 Å². The number of carbonyl (C=O) groups excluding carboxylic acids is 1. The minimum atomic E-state index is -0.311. The van der Waals surface area contributed by atoms with E-state index in [-0.39, 0.29) is 23.7 Å². The van der Waals surface area contributed by atoms with Crippen LogP contribution in [0.25, 0.3) is 0 Å². The van der Waals surface area contributed by atoms with E-state index in [1.807, 2.05) is 0 Å². The van der Waals surface area contributed by atoms with Crippen molar-refractivity contribution in [2.75, 3.05) is 0 Å². The first-order valence-corrected chi connectivity index (χ1v) is 4.63. The number of carbonyl (C=O) groups is 1. The Kier molecular flexibility index (Phi) is 2.55. The Labute approximate surface area is 86.2 Å². The van der Waals surface area contributed by atoms with E-state index >= 15 is 0 Å². The Morgan fingerprint density at radius 3 is 2.73 bits per heavy atom. The molecule has 1 fully saturated rings. The molecule has 5 heteroatoms. The Bertz CT molecular complexity index is 366. The summed E-state index contributed by atoms with van der Waals surface area (Å²) >= 11 is 0. The maximum atomic E-state index is 12.6. The monoisotopic (exact) mass is 210 g/mol. The Hall–Kier alpha value is -1.62. The molecule has 1 aromatic carbocycles. The van der Waals surface area contributed by atoms with Gasteiger partial charge in [-0.15, -0.1) is 0 Å². The molecule has 0 bridgehead atoms. The van der Waals surface area contributed by atoms with E-state index in [4.69, 9.17) is 10.6 Å². The van der Waals surface area contributed by atoms with Gasteiger partial charge in [0.25, 0.3) is 0 Å². The standard InChI is InChI=1S/C10H11FN2O2/c11-6-1-3-7(4-2-6)15-9-5-8(9)10(14)13-12/h1-4,8-9H,5,12H2,(H,13,14). The molecule has 15 heavy (non-hydrogen) atoms. The van der Waals surface area contributed by atoms with Crippen LogP contribution in [0, 0.1) is 11.7 Å². The molecule has 4 nitrogen and oxygen atoms in total. The summed E-state index contributed by atoms with van der Waals surface area (Å²) in [5.74, 6) is 4.84. The molecule has 1 aromatic rings. The fourth-order valence-corrected chi connectivity index (χ4v) is 1.37. The third-order valence-electron chi connectivity index (χ3n) is 2.31. The third-order valence-corrected chi connectivity index (χ3v) is 2.31. The van der Waals surface area contributed by atoms with Crippen LogP contribution in [0.5, 0.6) is 5.75 Å². The van der Waals surface area contributed by atoms with Crippen molar-refractivity contribution < 1.29 is 13.9 Å². The van der Waals surface area contributed by atoms with E-state index in [0.29, 0.717) is 12.2 Å². The summed E-state index contributed by atoms with van der Waals surface area (Å²) in [6, 6.07) is 5.70. The number of nitrogens with two attached hydrogens (primary N) is 1. The summed E-state index contributed by atoms with van der Waals surface area (Å²) in [6.45, 7) is 0. The van der Waals surface area contributed by atoms with Crippen molar-refractivity contribution in [3.05, 3.63) is 30.1 Å². The first kappa shape index (κ1) is 9.92. The second kappa shape index (κ2) is 3.86. The van der Waals surface area contributed by atoms with Crippen LogP contribution in [0.3, 0.4) is 0 Å². The topological polar surface area (TPSA) is 64.3 Å². The average Bonchev–Trinajstić information content (AvgIpc) is 3.00. The number of hydrogen-bond acceptors (Lipinski definition) is 3. The lowest BCUT2D eigenvalue weighted by Gasteiger charge is -2.04. The third kappa shape index (κ3) is 2.24. The van der Waals surface area contributed by atoms with Gasteiger partial charge < -0.3 is 4.74 Å². The Morgan fingerprint density at radius 2 is 2.13 bits per heavy atom. The van der Waals surface area contributed by atoms with Crippen molar-refractivity contribution in [1.82, 2.24) is 5.43 Å². The summed E-state index contributed by atoms with van der Waals surface area (Å²) in [5.41, 5.74) is 2.07. The zero-order valence-electron chi connectivity index (χ0n) is 7.94. The summed E-state index contributed by atoms with van der Waals surface area (Å²) < 4.78 is 18.0. The molecule has 0 aliphatic heterocycles. The van der Waals surface area contributed by atoms with Crippen LogP contribution in [-0.4, -0.2) is 12.0 Å². The van der Waals surface area contributed by atoms with Gasteiger partial charge in [0.15, 0.2) is 0 Å². The average molecular weight is 210 g/mol. The summed E-state index contributed by atoms with van der Waals surface area (Å²) in [7, 11) is 0. The molecule has 0 radical (unpaired) electrons. The van der Waals surface area contributed by atoms with Crippen molar-refractivity contribution in [2.24, 2.45) is 11.8 Å². The van der Waals surface area contributed by atoms with Crippen molar-refractivity contribution in [3.8, 4) is 5.75 Å². The van der Waals surface area contributed by atoms with Gasteiger partial charge in [0.2, 0.25) is 5.91 Å². The molecule has 80 valence electrons. The van der Waals surface area contributed by atoms with Gasteiger partial charge in [0, 0.05) is 6.42 Å². The van der Waals surface area contributed by atoms with Crippen molar-refractivity contribution in [3.63, 3.8) is 0 Å². The quantitative estimate of drug-likeness (QED) is 0.436. The number of halogens is 1. The molecule has 0 saturated heterocycles. The first-order chi connectivity index (χ1) is 7.20. The van der Waals surface area contributed by atoms with Gasteiger partial charge in [0.05, 0.1) is 5.92 Å². The highest BCUT2D eigenvalue weighted by molar-refractivity contribution is 5.81. The van der Waals surface area contributed by atoms with Crippen LogP contribution in [0.1, 0.15) is 6.42 Å². The molecule has 1 saturated carbocycles. The second-order valence-corrected chi connectivity index (χ2v) is 3.46. The molecule has 0 heterocycles. The molecule has 2 rings (SSSR count). The molecule has 3 N–H and O–H groups in total. The van der Waals surface area contributed by atoms with Gasteiger partial charge in [-0.3, -0.25) is 10.2 Å². The van der Waals surface area contributed by atoms with Crippen LogP contribution >= 0.6 is 0 Å². The minimum absolute atomic E-state index is 0.140. The Morgan fingerprint density at radius 1 is 1.47 bits per heavy atom. The van der Waals surface area contributed by atoms with E-state index in [2.05, 4.69) is 5.43 Å². The van der Waals surface area contributed by atoms with E-state index in [1.54, 1.807) is 0 Å². The lowest BCUT2D eigenvalue weighted by atomic mass is 10.3. The summed E-state index contributed by atoms with van der Waals surface area (Å²) in [6.07, 6.45) is 0.513. The zero-order chi connectivity index (χ0) is 10.8. The number of benzene rings is 1. The van der Waals surface area contributed by atoms with Crippen LogP contribution in [0.2, 0.25) is 0 Å². The van der Waals surface area contributed by atoms with Crippen LogP contribution in [-0.2, 0) is 4.79 Å². The number of rotatable bonds is 3. The lowest BCUT2D eigenvalue weighted by Crippen LogP contribution is -2.32. The zero-order valence-corrected chi connectivity index (χ0v) is 7.94. The van der Waals surface area contributed by atoms with Crippen LogP contribution < -0.4 is 16.0 Å². The number of hydrogen-bond donors (Lipinski definition) is 2. The highest BCUT2D eigenvalue weighted by Crippen LogP contribution is 2.34. The highest BCUT2D eigenvalue weighted by Gasteiger charge is 2.45. The number of nitrogens with one attached hydrogen (secondary N) is 1. The van der Waals surface area contributed by atoms with Gasteiger partial charge in [0.1, 0.15) is 17.7 Å². The smallest absolute Gasteiger partial charge is 0.240 e. The fraction of sp³-hybridized carbons (Fsp3) is 0.300. The van der Waals surface area contributed by atoms with Gasteiger partial charge in [-0.1, -0.05) is 0 Å². The summed E-state index contributed by atoms with van der Waals surface area (Å²) in [4.78, 5) is 11.1. The minimum Gasteiger partial charge on any atom is -0.490 e. The summed E-state index contributed by atoms with van der Waals surface area (Å²) in [5, 5.41) is 0. The predicted molar refractivity (Wildman–Crippen MR) is 51.3 cm³/mol. The first-order valence-electron chi connectivity index (χ1n) is 4.63. The molecule has 1 aliphatic carbocycles. The van der Waals surface area contributed by atoms with E-state index in [9.17, 15) is 9.18 Å². The number of amides is 1. The fourth-order valence-electron chi connectivity index (χ4n) is 1.37.